The SMILES string of the molecule is C=c1/c(=C\C(=C/C)Nc2ccccc2)sc2ccccc12. The summed E-state index contributed by atoms with van der Waals surface area (Å²) in [6.45, 7) is 6.27. The quantitative estimate of drug-likeness (QED) is 0.766. The Balaban J connectivity index is 2.02. The Hall–Kier alpha value is -2.32. The lowest BCUT2D eigenvalue weighted by atomic mass is 10.2. The third kappa shape index (κ3) is 2.91. The highest BCUT2D eigenvalue weighted by atomic mass is 32.1. The van der Waals surface area contributed by atoms with Gasteiger partial charge in [-0.05, 0) is 41.8 Å². The average Bonchev–Trinajstić information content (AvgIpc) is 2.84. The molecule has 0 aliphatic rings. The number of anilines is 1. The Labute approximate surface area is 128 Å². The Morgan fingerprint density at radius 3 is 2.48 bits per heavy atom. The van der Waals surface area contributed by atoms with E-state index >= 15 is 0 Å². The van der Waals surface area contributed by atoms with Crippen molar-refractivity contribution >= 4 is 39.8 Å². The van der Waals surface area contributed by atoms with Crippen LogP contribution in [0.5, 0.6) is 0 Å². The summed E-state index contributed by atoms with van der Waals surface area (Å²) in [5, 5.41) is 5.77. The second kappa shape index (κ2) is 5.98. The van der Waals surface area contributed by atoms with E-state index in [1.165, 1.54) is 14.6 Å². The van der Waals surface area contributed by atoms with Crippen LogP contribution in [0.25, 0.3) is 22.7 Å². The van der Waals surface area contributed by atoms with E-state index in [2.05, 4.69) is 60.4 Å². The minimum absolute atomic E-state index is 1.08. The fourth-order valence-electron chi connectivity index (χ4n) is 2.26. The Kier molecular flexibility index (Phi) is 3.89. The molecule has 0 unspecified atom stereocenters. The van der Waals surface area contributed by atoms with Gasteiger partial charge in [0.1, 0.15) is 0 Å². The minimum Gasteiger partial charge on any atom is -0.356 e. The molecule has 0 fully saturated rings. The third-order valence-corrected chi connectivity index (χ3v) is 4.55. The van der Waals surface area contributed by atoms with Crippen LogP contribution >= 0.6 is 11.3 Å². The van der Waals surface area contributed by atoms with E-state index in [0.29, 0.717) is 0 Å². The highest BCUT2D eigenvalue weighted by molar-refractivity contribution is 7.17. The molecule has 1 nitrogen and oxygen atoms in total. The molecular weight excluding hydrogens is 274 g/mol. The van der Waals surface area contributed by atoms with E-state index in [9.17, 15) is 0 Å². The van der Waals surface area contributed by atoms with Crippen molar-refractivity contribution in [3.63, 3.8) is 0 Å². The number of hydrogen-bond acceptors (Lipinski definition) is 2. The summed E-state index contributed by atoms with van der Waals surface area (Å²) < 4.78 is 2.48. The number of rotatable bonds is 3. The zero-order chi connectivity index (χ0) is 14.7. The van der Waals surface area contributed by atoms with Gasteiger partial charge in [-0.3, -0.25) is 0 Å². The van der Waals surface area contributed by atoms with Crippen molar-refractivity contribution in [3.05, 3.63) is 76.1 Å². The van der Waals surface area contributed by atoms with Gasteiger partial charge in [-0.15, -0.1) is 11.3 Å². The summed E-state index contributed by atoms with van der Waals surface area (Å²) in [6, 6.07) is 18.6. The van der Waals surface area contributed by atoms with Crippen LogP contribution in [0.1, 0.15) is 6.92 Å². The summed E-state index contributed by atoms with van der Waals surface area (Å²) >= 11 is 1.78. The van der Waals surface area contributed by atoms with E-state index in [4.69, 9.17) is 0 Å². The highest BCUT2D eigenvalue weighted by Gasteiger charge is 1.99. The molecule has 0 radical (unpaired) electrons. The van der Waals surface area contributed by atoms with Crippen LogP contribution in [0, 0.1) is 0 Å². The lowest BCUT2D eigenvalue weighted by Gasteiger charge is -2.05. The molecule has 0 saturated carbocycles. The maximum atomic E-state index is 4.23. The van der Waals surface area contributed by atoms with Crippen molar-refractivity contribution in [1.82, 2.24) is 0 Å². The monoisotopic (exact) mass is 291 g/mol. The number of thiophene rings is 1. The van der Waals surface area contributed by atoms with E-state index in [1.807, 2.05) is 25.1 Å². The number of hydrogen-bond donors (Lipinski definition) is 1. The lowest BCUT2D eigenvalue weighted by Crippen LogP contribution is -2.17. The van der Waals surface area contributed by atoms with Crippen LogP contribution in [0.15, 0.2) is 66.4 Å². The molecule has 0 bridgehead atoms. The molecule has 2 heteroatoms. The molecule has 2 aromatic carbocycles. The van der Waals surface area contributed by atoms with Gasteiger partial charge < -0.3 is 5.32 Å². The second-order valence-electron chi connectivity index (χ2n) is 4.82. The van der Waals surface area contributed by atoms with Crippen LogP contribution in [0.4, 0.5) is 5.69 Å². The number of allylic oxidation sites excluding steroid dienone is 2. The third-order valence-electron chi connectivity index (χ3n) is 3.39. The van der Waals surface area contributed by atoms with Gasteiger partial charge in [0.05, 0.1) is 0 Å². The molecule has 1 aromatic heterocycles. The molecule has 3 rings (SSSR count). The first-order chi connectivity index (χ1) is 10.3. The van der Waals surface area contributed by atoms with Crippen molar-refractivity contribution in [1.29, 1.82) is 0 Å². The smallest absolute Gasteiger partial charge is 0.0384 e. The number of fused-ring (bicyclic) bond motifs is 1. The number of benzene rings is 2. The van der Waals surface area contributed by atoms with E-state index in [-0.39, 0.29) is 0 Å². The summed E-state index contributed by atoms with van der Waals surface area (Å²) in [7, 11) is 0. The fraction of sp³-hybridized carbons (Fsp3) is 0.0526. The maximum absolute atomic E-state index is 4.23. The van der Waals surface area contributed by atoms with Crippen LogP contribution in [-0.2, 0) is 0 Å². The summed E-state index contributed by atoms with van der Waals surface area (Å²) in [5.41, 5.74) is 2.17. The molecular formula is C19H17NS. The first-order valence-electron chi connectivity index (χ1n) is 6.94. The largest absolute Gasteiger partial charge is 0.356 e. The van der Waals surface area contributed by atoms with Gasteiger partial charge in [-0.1, -0.05) is 49.1 Å². The van der Waals surface area contributed by atoms with Crippen LogP contribution in [0.2, 0.25) is 0 Å². The zero-order valence-electron chi connectivity index (χ0n) is 12.0. The van der Waals surface area contributed by atoms with E-state index in [0.717, 1.165) is 16.6 Å². The molecule has 1 N–H and O–H groups in total. The predicted molar refractivity (Wildman–Crippen MR) is 94.9 cm³/mol. The van der Waals surface area contributed by atoms with Crippen LogP contribution in [-0.4, -0.2) is 0 Å². The fourth-order valence-corrected chi connectivity index (χ4v) is 3.36. The first kappa shape index (κ1) is 13.7. The van der Waals surface area contributed by atoms with Crippen molar-refractivity contribution in [2.45, 2.75) is 6.92 Å². The Bertz CT molecular complexity index is 888. The number of para-hydroxylation sites is 1. The molecule has 0 aliphatic heterocycles. The predicted octanol–water partition coefficient (Wildman–Crippen LogP) is 4.11. The molecule has 0 aliphatic carbocycles. The van der Waals surface area contributed by atoms with Crippen molar-refractivity contribution in [2.75, 3.05) is 5.32 Å². The first-order valence-corrected chi connectivity index (χ1v) is 7.76. The second-order valence-corrected chi connectivity index (χ2v) is 5.90. The maximum Gasteiger partial charge on any atom is 0.0384 e. The molecule has 0 atom stereocenters. The zero-order valence-corrected chi connectivity index (χ0v) is 12.8. The van der Waals surface area contributed by atoms with Crippen LogP contribution < -0.4 is 15.1 Å². The standard InChI is InChI=1S/C19H17NS/c1-3-15(20-16-9-5-4-6-10-16)13-19-14(2)17-11-7-8-12-18(17)21-19/h3-13,20H,2H2,1H3/b15-3+,19-13+. The summed E-state index contributed by atoms with van der Waals surface area (Å²) in [6.07, 6.45) is 4.25. The number of nitrogens with one attached hydrogen (secondary N) is 1. The van der Waals surface area contributed by atoms with Gasteiger partial charge >= 0.3 is 0 Å². The normalized spacial score (nSPS) is 12.8. The van der Waals surface area contributed by atoms with E-state index in [1.54, 1.807) is 11.3 Å². The van der Waals surface area contributed by atoms with Gasteiger partial charge in [-0.25, -0.2) is 0 Å². The van der Waals surface area contributed by atoms with Gasteiger partial charge in [0.25, 0.3) is 0 Å². The molecule has 0 saturated heterocycles. The molecule has 3 aromatic rings. The van der Waals surface area contributed by atoms with Crippen molar-refractivity contribution < 1.29 is 0 Å². The molecule has 21 heavy (non-hydrogen) atoms. The molecule has 1 heterocycles. The Morgan fingerprint density at radius 1 is 1.05 bits per heavy atom. The van der Waals surface area contributed by atoms with Gasteiger partial charge in [0, 0.05) is 20.6 Å². The van der Waals surface area contributed by atoms with Gasteiger partial charge in [0.2, 0.25) is 0 Å². The van der Waals surface area contributed by atoms with Crippen molar-refractivity contribution in [2.24, 2.45) is 0 Å². The minimum atomic E-state index is 1.08. The summed E-state index contributed by atoms with van der Waals surface area (Å²) in [4.78, 5) is 0. The lowest BCUT2D eigenvalue weighted by molar-refractivity contribution is 1.48. The molecule has 0 amide bonds. The molecule has 0 spiro atoms. The van der Waals surface area contributed by atoms with Gasteiger partial charge in [0.15, 0.2) is 0 Å². The topological polar surface area (TPSA) is 12.0 Å². The molecule has 104 valence electrons. The highest BCUT2D eigenvalue weighted by Crippen LogP contribution is 2.13. The van der Waals surface area contributed by atoms with Gasteiger partial charge in [-0.2, -0.15) is 0 Å². The average molecular weight is 291 g/mol. The summed E-state index contributed by atoms with van der Waals surface area (Å²) in [5.74, 6) is 0. The Morgan fingerprint density at radius 2 is 1.76 bits per heavy atom. The van der Waals surface area contributed by atoms with Crippen LogP contribution in [0.3, 0.4) is 0 Å². The van der Waals surface area contributed by atoms with Crippen molar-refractivity contribution in [3.8, 4) is 0 Å². The van der Waals surface area contributed by atoms with E-state index < -0.39 is 0 Å².